The molecule has 1 atom stereocenters. The first-order chi connectivity index (χ1) is 9.09. The Hall–Kier alpha value is -2.00. The molecular weight excluding hydrogens is 238 g/mol. The van der Waals surface area contributed by atoms with Gasteiger partial charge < -0.3 is 15.5 Å². The van der Waals surface area contributed by atoms with Gasteiger partial charge in [0.2, 0.25) is 0 Å². The highest BCUT2D eigenvalue weighted by molar-refractivity contribution is 5.53. The Bertz CT molecular complexity index is 564. The van der Waals surface area contributed by atoms with E-state index in [0.29, 0.717) is 12.3 Å². The minimum Gasteiger partial charge on any atom is -0.507 e. The number of rotatable bonds is 4. The third-order valence-electron chi connectivity index (χ3n) is 3.20. The molecular formula is C16H19NO2. The molecule has 0 amide bonds. The molecule has 3 N–H and O–H groups in total. The van der Waals surface area contributed by atoms with Crippen LogP contribution in [0.1, 0.15) is 29.7 Å². The van der Waals surface area contributed by atoms with Crippen LogP contribution < -0.4 is 5.32 Å². The van der Waals surface area contributed by atoms with Gasteiger partial charge >= 0.3 is 0 Å². The maximum atomic E-state index is 9.96. The molecule has 0 heterocycles. The molecule has 0 spiro atoms. The number of benzene rings is 2. The van der Waals surface area contributed by atoms with Gasteiger partial charge in [-0.1, -0.05) is 36.4 Å². The maximum Gasteiger partial charge on any atom is 0.123 e. The smallest absolute Gasteiger partial charge is 0.123 e. The van der Waals surface area contributed by atoms with Crippen LogP contribution in [-0.4, -0.2) is 10.2 Å². The number of phenolic OH excluding ortho intramolecular Hbond substituents is 1. The van der Waals surface area contributed by atoms with E-state index in [1.165, 1.54) is 0 Å². The zero-order valence-corrected chi connectivity index (χ0v) is 11.2. The molecule has 0 aliphatic rings. The molecule has 100 valence electrons. The predicted molar refractivity (Wildman–Crippen MR) is 77.2 cm³/mol. The molecule has 0 fully saturated rings. The van der Waals surface area contributed by atoms with Crippen molar-refractivity contribution in [2.75, 3.05) is 5.32 Å². The van der Waals surface area contributed by atoms with Crippen molar-refractivity contribution in [1.29, 1.82) is 0 Å². The van der Waals surface area contributed by atoms with Crippen LogP contribution in [0.2, 0.25) is 0 Å². The van der Waals surface area contributed by atoms with Crippen molar-refractivity contribution >= 4 is 5.69 Å². The van der Waals surface area contributed by atoms with E-state index in [4.69, 9.17) is 0 Å². The first-order valence-corrected chi connectivity index (χ1v) is 6.38. The topological polar surface area (TPSA) is 52.5 Å². The molecule has 2 aromatic carbocycles. The zero-order chi connectivity index (χ0) is 13.8. The Labute approximate surface area is 113 Å². The van der Waals surface area contributed by atoms with Crippen molar-refractivity contribution in [3.05, 3.63) is 59.2 Å². The summed E-state index contributed by atoms with van der Waals surface area (Å²) in [7, 11) is 0. The molecule has 3 heteroatoms. The molecule has 0 saturated heterocycles. The summed E-state index contributed by atoms with van der Waals surface area (Å²) in [6, 6.07) is 13.3. The molecule has 0 bridgehead atoms. The molecule has 0 aliphatic carbocycles. The summed E-state index contributed by atoms with van der Waals surface area (Å²) in [6.45, 7) is 4.14. The zero-order valence-electron chi connectivity index (χ0n) is 11.2. The van der Waals surface area contributed by atoms with Crippen molar-refractivity contribution < 1.29 is 10.2 Å². The number of hydrogen-bond donors (Lipinski definition) is 3. The SMILES string of the molecule is Cc1cccc(CNc2ccccc2C(C)O)c1O. The molecule has 0 saturated carbocycles. The van der Waals surface area contributed by atoms with Crippen LogP contribution in [0, 0.1) is 6.92 Å². The number of aliphatic hydroxyl groups excluding tert-OH is 1. The lowest BCUT2D eigenvalue weighted by Gasteiger charge is -2.15. The summed E-state index contributed by atoms with van der Waals surface area (Å²) in [6.07, 6.45) is -0.519. The third kappa shape index (κ3) is 3.06. The Morgan fingerprint density at radius 1 is 1.11 bits per heavy atom. The number of hydrogen-bond acceptors (Lipinski definition) is 3. The van der Waals surface area contributed by atoms with Crippen molar-refractivity contribution in [2.45, 2.75) is 26.5 Å². The van der Waals surface area contributed by atoms with E-state index in [1.54, 1.807) is 6.92 Å². The van der Waals surface area contributed by atoms with Crippen molar-refractivity contribution in [2.24, 2.45) is 0 Å². The highest BCUT2D eigenvalue weighted by Gasteiger charge is 2.08. The number of anilines is 1. The normalized spacial score (nSPS) is 12.2. The van der Waals surface area contributed by atoms with Crippen molar-refractivity contribution in [3.8, 4) is 5.75 Å². The lowest BCUT2D eigenvalue weighted by Crippen LogP contribution is -2.04. The van der Waals surface area contributed by atoms with Gasteiger partial charge in [0.15, 0.2) is 0 Å². The van der Waals surface area contributed by atoms with Gasteiger partial charge in [-0.25, -0.2) is 0 Å². The highest BCUT2D eigenvalue weighted by Crippen LogP contribution is 2.25. The molecule has 2 aromatic rings. The standard InChI is InChI=1S/C16H19NO2/c1-11-6-5-7-13(16(11)19)10-17-15-9-4-3-8-14(15)12(2)18/h3-9,12,17-19H,10H2,1-2H3. The van der Waals surface area contributed by atoms with Gasteiger partial charge in [-0.05, 0) is 25.5 Å². The summed E-state index contributed by atoms with van der Waals surface area (Å²) in [5, 5.41) is 22.9. The van der Waals surface area contributed by atoms with E-state index >= 15 is 0 Å². The van der Waals surface area contributed by atoms with Gasteiger partial charge in [0.25, 0.3) is 0 Å². The first-order valence-electron chi connectivity index (χ1n) is 6.38. The fourth-order valence-electron chi connectivity index (χ4n) is 2.08. The van der Waals surface area contributed by atoms with E-state index in [0.717, 1.165) is 22.4 Å². The van der Waals surface area contributed by atoms with Crippen LogP contribution in [0.3, 0.4) is 0 Å². The molecule has 1 unspecified atom stereocenters. The number of aryl methyl sites for hydroxylation is 1. The van der Waals surface area contributed by atoms with E-state index in [2.05, 4.69) is 5.32 Å². The fraction of sp³-hybridized carbons (Fsp3) is 0.250. The lowest BCUT2D eigenvalue weighted by molar-refractivity contribution is 0.200. The number of para-hydroxylation sites is 2. The molecule has 2 rings (SSSR count). The van der Waals surface area contributed by atoms with Gasteiger partial charge in [-0.3, -0.25) is 0 Å². The van der Waals surface area contributed by atoms with Crippen LogP contribution in [0.4, 0.5) is 5.69 Å². The Balaban J connectivity index is 2.17. The van der Waals surface area contributed by atoms with Gasteiger partial charge in [-0.15, -0.1) is 0 Å². The van der Waals surface area contributed by atoms with Crippen LogP contribution in [0.15, 0.2) is 42.5 Å². The quantitative estimate of drug-likeness (QED) is 0.787. The summed E-state index contributed by atoms with van der Waals surface area (Å²) in [5.41, 5.74) is 3.46. The fourth-order valence-corrected chi connectivity index (χ4v) is 2.08. The highest BCUT2D eigenvalue weighted by atomic mass is 16.3. The molecule has 0 aliphatic heterocycles. The second-order valence-electron chi connectivity index (χ2n) is 4.70. The van der Waals surface area contributed by atoms with Crippen LogP contribution in [-0.2, 0) is 6.54 Å². The van der Waals surface area contributed by atoms with Gasteiger partial charge in [0, 0.05) is 23.4 Å². The first kappa shape index (κ1) is 13.4. The average molecular weight is 257 g/mol. The minimum absolute atomic E-state index is 0.324. The van der Waals surface area contributed by atoms with Gasteiger partial charge in [0.1, 0.15) is 5.75 Å². The largest absolute Gasteiger partial charge is 0.507 e. The van der Waals surface area contributed by atoms with E-state index in [9.17, 15) is 10.2 Å². The van der Waals surface area contributed by atoms with Gasteiger partial charge in [-0.2, -0.15) is 0 Å². The van der Waals surface area contributed by atoms with Crippen molar-refractivity contribution in [1.82, 2.24) is 0 Å². The Morgan fingerprint density at radius 3 is 2.58 bits per heavy atom. The third-order valence-corrected chi connectivity index (χ3v) is 3.20. The summed E-state index contributed by atoms with van der Waals surface area (Å²) >= 11 is 0. The van der Waals surface area contributed by atoms with Crippen LogP contribution >= 0.6 is 0 Å². The van der Waals surface area contributed by atoms with E-state index in [1.807, 2.05) is 49.4 Å². The summed E-state index contributed by atoms with van der Waals surface area (Å²) in [4.78, 5) is 0. The predicted octanol–water partition coefficient (Wildman–Crippen LogP) is 3.37. The van der Waals surface area contributed by atoms with E-state index in [-0.39, 0.29) is 0 Å². The van der Waals surface area contributed by atoms with Crippen LogP contribution in [0.5, 0.6) is 5.75 Å². The maximum absolute atomic E-state index is 9.96. The molecule has 19 heavy (non-hydrogen) atoms. The summed E-state index contributed by atoms with van der Waals surface area (Å²) < 4.78 is 0. The number of nitrogens with one attached hydrogen (secondary N) is 1. The second-order valence-corrected chi connectivity index (χ2v) is 4.70. The Kier molecular flexibility index (Phi) is 4.07. The average Bonchev–Trinajstić information content (AvgIpc) is 2.40. The Morgan fingerprint density at radius 2 is 1.84 bits per heavy atom. The molecule has 3 nitrogen and oxygen atoms in total. The van der Waals surface area contributed by atoms with Crippen LogP contribution in [0.25, 0.3) is 0 Å². The number of aliphatic hydroxyl groups is 1. The monoisotopic (exact) mass is 257 g/mol. The van der Waals surface area contributed by atoms with Crippen molar-refractivity contribution in [3.63, 3.8) is 0 Å². The number of phenols is 1. The molecule has 0 radical (unpaired) electrons. The van der Waals surface area contributed by atoms with E-state index < -0.39 is 6.10 Å². The lowest BCUT2D eigenvalue weighted by atomic mass is 10.1. The number of aromatic hydroxyl groups is 1. The second kappa shape index (κ2) is 5.76. The summed E-state index contributed by atoms with van der Waals surface area (Å²) in [5.74, 6) is 0.324. The molecule has 0 aromatic heterocycles. The van der Waals surface area contributed by atoms with Gasteiger partial charge in [0.05, 0.1) is 6.10 Å². The minimum atomic E-state index is -0.519.